The highest BCUT2D eigenvalue weighted by Crippen LogP contribution is 2.34. The largest absolute Gasteiger partial charge is 0.573 e. The number of allylic oxidation sites excluding steroid dienone is 2. The van der Waals surface area contributed by atoms with Crippen molar-refractivity contribution in [1.29, 1.82) is 0 Å². The summed E-state index contributed by atoms with van der Waals surface area (Å²) < 4.78 is 70.2. The maximum Gasteiger partial charge on any atom is 0.573 e. The predicted molar refractivity (Wildman–Crippen MR) is 110 cm³/mol. The van der Waals surface area contributed by atoms with Crippen LogP contribution in [0.1, 0.15) is 29.2 Å². The second-order valence-corrected chi connectivity index (χ2v) is 7.45. The van der Waals surface area contributed by atoms with Gasteiger partial charge in [-0.05, 0) is 77.4 Å². The van der Waals surface area contributed by atoms with E-state index >= 15 is 0 Å². The Morgan fingerprint density at radius 1 is 0.839 bits per heavy atom. The van der Waals surface area contributed by atoms with Crippen molar-refractivity contribution >= 4 is 5.57 Å². The minimum absolute atomic E-state index is 0.285. The van der Waals surface area contributed by atoms with Crippen LogP contribution >= 0.6 is 0 Å². The van der Waals surface area contributed by atoms with Gasteiger partial charge in [-0.25, -0.2) is 8.78 Å². The van der Waals surface area contributed by atoms with Crippen LogP contribution in [0.5, 0.6) is 5.75 Å². The van der Waals surface area contributed by atoms with Gasteiger partial charge in [-0.1, -0.05) is 37.3 Å². The normalized spacial score (nSPS) is 13.5. The van der Waals surface area contributed by atoms with E-state index in [-0.39, 0.29) is 11.6 Å². The summed E-state index contributed by atoms with van der Waals surface area (Å²) in [6.07, 6.45) is -1.17. The first-order valence-electron chi connectivity index (χ1n) is 9.89. The van der Waals surface area contributed by atoms with E-state index in [4.69, 9.17) is 0 Å². The monoisotopic (exact) mass is 430 g/mol. The van der Waals surface area contributed by atoms with Crippen molar-refractivity contribution in [3.8, 4) is 16.9 Å². The molecule has 0 heterocycles. The average Bonchev–Trinajstić information content (AvgIpc) is 2.72. The lowest BCUT2D eigenvalue weighted by molar-refractivity contribution is -0.274. The molecule has 0 fully saturated rings. The van der Waals surface area contributed by atoms with Gasteiger partial charge < -0.3 is 4.74 Å². The topological polar surface area (TPSA) is 9.23 Å². The van der Waals surface area contributed by atoms with Gasteiger partial charge in [0.15, 0.2) is 0 Å². The Hall–Kier alpha value is -3.15. The first kappa shape index (κ1) is 21.1. The number of aryl methyl sites for hydroxylation is 1. The zero-order valence-electron chi connectivity index (χ0n) is 16.7. The van der Waals surface area contributed by atoms with Crippen molar-refractivity contribution in [3.63, 3.8) is 0 Å². The summed E-state index contributed by atoms with van der Waals surface area (Å²) in [6.45, 7) is 1.96. The molecule has 6 heteroatoms. The molecule has 0 atom stereocenters. The van der Waals surface area contributed by atoms with Crippen molar-refractivity contribution in [2.24, 2.45) is 0 Å². The van der Waals surface area contributed by atoms with Crippen LogP contribution in [0.2, 0.25) is 0 Å². The van der Waals surface area contributed by atoms with E-state index < -0.39 is 12.2 Å². The van der Waals surface area contributed by atoms with E-state index in [1.165, 1.54) is 24.3 Å². The summed E-state index contributed by atoms with van der Waals surface area (Å²) in [5.74, 6) is -1.13. The summed E-state index contributed by atoms with van der Waals surface area (Å²) in [5.41, 5.74) is 4.68. The maximum absolute atomic E-state index is 14.8. The molecule has 1 aliphatic rings. The van der Waals surface area contributed by atoms with E-state index in [0.29, 0.717) is 29.5 Å². The van der Waals surface area contributed by atoms with Crippen LogP contribution in [0, 0.1) is 11.6 Å². The summed E-state index contributed by atoms with van der Waals surface area (Å²) >= 11 is 0. The molecule has 0 saturated heterocycles. The van der Waals surface area contributed by atoms with Gasteiger partial charge in [-0.2, -0.15) is 0 Å². The van der Waals surface area contributed by atoms with Crippen molar-refractivity contribution in [1.82, 2.24) is 0 Å². The third-order valence-corrected chi connectivity index (χ3v) is 5.43. The number of ether oxygens (including phenoxy) is 1. The molecule has 3 aromatic carbocycles. The maximum atomic E-state index is 14.8. The second kappa shape index (κ2) is 8.17. The van der Waals surface area contributed by atoms with Gasteiger partial charge in [-0.3, -0.25) is 0 Å². The lowest BCUT2D eigenvalue weighted by Crippen LogP contribution is -2.16. The lowest BCUT2D eigenvalue weighted by atomic mass is 9.85. The molecule has 0 N–H and O–H groups in total. The Kier molecular flexibility index (Phi) is 5.56. The lowest BCUT2D eigenvalue weighted by Gasteiger charge is -2.20. The Morgan fingerprint density at radius 3 is 2.19 bits per heavy atom. The number of benzene rings is 3. The Balaban J connectivity index is 1.60. The zero-order valence-corrected chi connectivity index (χ0v) is 16.7. The minimum Gasteiger partial charge on any atom is -0.406 e. The molecular weight excluding hydrogens is 411 g/mol. The molecule has 31 heavy (non-hydrogen) atoms. The van der Waals surface area contributed by atoms with Gasteiger partial charge in [0, 0.05) is 11.1 Å². The van der Waals surface area contributed by atoms with Gasteiger partial charge in [-0.15, -0.1) is 13.2 Å². The van der Waals surface area contributed by atoms with Crippen LogP contribution in [-0.4, -0.2) is 6.36 Å². The fraction of sp³-hybridized carbons (Fsp3) is 0.200. The summed E-state index contributed by atoms with van der Waals surface area (Å²) in [7, 11) is 0. The zero-order chi connectivity index (χ0) is 22.2. The van der Waals surface area contributed by atoms with E-state index in [2.05, 4.69) is 4.74 Å². The molecule has 1 aliphatic carbocycles. The highest BCUT2D eigenvalue weighted by atomic mass is 19.4. The van der Waals surface area contributed by atoms with Crippen molar-refractivity contribution < 1.29 is 26.7 Å². The fourth-order valence-corrected chi connectivity index (χ4v) is 3.83. The molecule has 1 nitrogen and oxygen atoms in total. The predicted octanol–water partition coefficient (Wildman–Crippen LogP) is 7.28. The second-order valence-electron chi connectivity index (χ2n) is 7.45. The van der Waals surface area contributed by atoms with Crippen LogP contribution in [0.3, 0.4) is 0 Å². The number of halogens is 5. The summed E-state index contributed by atoms with van der Waals surface area (Å²) in [6, 6.07) is 13.4. The van der Waals surface area contributed by atoms with Crippen LogP contribution in [-0.2, 0) is 19.3 Å². The van der Waals surface area contributed by atoms with Gasteiger partial charge in [0.25, 0.3) is 0 Å². The average molecular weight is 430 g/mol. The minimum atomic E-state index is -4.78. The Morgan fingerprint density at radius 2 is 1.55 bits per heavy atom. The van der Waals surface area contributed by atoms with Gasteiger partial charge in [0.05, 0.1) is 0 Å². The smallest absolute Gasteiger partial charge is 0.406 e. The van der Waals surface area contributed by atoms with Gasteiger partial charge >= 0.3 is 6.36 Å². The number of hydrogen-bond acceptors (Lipinski definition) is 1. The SMILES string of the molecule is CCc1ccc(C2=CCc3cc(-c4ccc(OC(F)(F)F)cc4)c(F)cc3C2)c(F)c1. The highest BCUT2D eigenvalue weighted by molar-refractivity contribution is 5.73. The molecule has 0 saturated carbocycles. The van der Waals surface area contributed by atoms with E-state index in [1.54, 1.807) is 12.1 Å². The number of fused-ring (bicyclic) bond motifs is 1. The Labute approximate surface area is 176 Å². The molecular formula is C25H19F5O. The number of rotatable bonds is 4. The van der Waals surface area contributed by atoms with Crippen LogP contribution in [0.25, 0.3) is 16.7 Å². The molecule has 0 aliphatic heterocycles. The molecule has 0 radical (unpaired) electrons. The fourth-order valence-electron chi connectivity index (χ4n) is 3.83. The molecule has 0 unspecified atom stereocenters. The molecule has 3 aromatic rings. The molecule has 0 aromatic heterocycles. The third-order valence-electron chi connectivity index (χ3n) is 5.43. The summed E-state index contributed by atoms with van der Waals surface area (Å²) in [4.78, 5) is 0. The molecule has 0 bridgehead atoms. The van der Waals surface area contributed by atoms with Crippen molar-refractivity contribution in [3.05, 3.63) is 94.6 Å². The summed E-state index contributed by atoms with van der Waals surface area (Å²) in [5, 5.41) is 0. The first-order chi connectivity index (χ1) is 14.7. The van der Waals surface area contributed by atoms with Crippen molar-refractivity contribution in [2.45, 2.75) is 32.5 Å². The number of alkyl halides is 3. The van der Waals surface area contributed by atoms with Crippen LogP contribution < -0.4 is 4.74 Å². The van der Waals surface area contributed by atoms with Crippen LogP contribution in [0.15, 0.2) is 60.7 Å². The van der Waals surface area contributed by atoms with Gasteiger partial charge in [0.1, 0.15) is 17.4 Å². The third kappa shape index (κ3) is 4.63. The Bertz CT molecular complexity index is 1140. The molecule has 160 valence electrons. The highest BCUT2D eigenvalue weighted by Gasteiger charge is 2.31. The van der Waals surface area contributed by atoms with Crippen LogP contribution in [0.4, 0.5) is 22.0 Å². The molecule has 0 spiro atoms. The molecule has 0 amide bonds. The van der Waals surface area contributed by atoms with E-state index in [1.807, 2.05) is 19.1 Å². The van der Waals surface area contributed by atoms with E-state index in [0.717, 1.165) is 40.8 Å². The first-order valence-corrected chi connectivity index (χ1v) is 9.89. The number of hydrogen-bond donors (Lipinski definition) is 0. The standard InChI is InChI=1S/C25H19F5O/c1-2-15-3-10-21(23(26)11-15)18-5-4-17-13-22(24(27)14-19(17)12-18)16-6-8-20(9-7-16)31-25(28,29)30/h3,5-11,13-14H,2,4,12H2,1H3. The van der Waals surface area contributed by atoms with Gasteiger partial charge in [0.2, 0.25) is 0 Å². The molecule has 4 rings (SSSR count). The quantitative estimate of drug-likeness (QED) is 0.396. The van der Waals surface area contributed by atoms with E-state index in [9.17, 15) is 22.0 Å². The van der Waals surface area contributed by atoms with Crippen molar-refractivity contribution in [2.75, 3.05) is 0 Å².